The normalized spacial score (nSPS) is 18.9. The van der Waals surface area contributed by atoms with E-state index >= 15 is 0 Å². The number of benzene rings is 2. The molecule has 2 unspecified atom stereocenters. The first-order chi connectivity index (χ1) is 15.5. The van der Waals surface area contributed by atoms with E-state index in [1.54, 1.807) is 30.3 Å². The molecule has 0 bridgehead atoms. The van der Waals surface area contributed by atoms with Gasteiger partial charge in [-0.25, -0.2) is 4.57 Å². The summed E-state index contributed by atoms with van der Waals surface area (Å²) in [5.74, 6) is 0.698. The summed E-state index contributed by atoms with van der Waals surface area (Å²) in [5, 5.41) is 0. The van der Waals surface area contributed by atoms with Gasteiger partial charge < -0.3 is 33.6 Å². The minimum Gasteiger partial charge on any atom is -0.493 e. The molecular formula is C22H27O10P. The van der Waals surface area contributed by atoms with Crippen LogP contribution in [0.15, 0.2) is 30.3 Å². The van der Waals surface area contributed by atoms with Crippen LogP contribution in [0.1, 0.15) is 35.7 Å². The van der Waals surface area contributed by atoms with Crippen molar-refractivity contribution in [3.8, 4) is 28.7 Å². The van der Waals surface area contributed by atoms with Gasteiger partial charge in [-0.3, -0.25) is 4.79 Å². The second-order valence-corrected chi connectivity index (χ2v) is 9.24. The minimum atomic E-state index is -4.87. The van der Waals surface area contributed by atoms with Crippen LogP contribution in [0.4, 0.5) is 0 Å². The zero-order valence-corrected chi connectivity index (χ0v) is 20.0. The van der Waals surface area contributed by atoms with Crippen LogP contribution in [-0.2, 0) is 9.24 Å². The van der Waals surface area contributed by atoms with Crippen molar-refractivity contribution in [2.45, 2.75) is 19.8 Å². The van der Waals surface area contributed by atoms with Crippen LogP contribution in [-0.4, -0.2) is 44.0 Å². The molecular weight excluding hydrogens is 455 g/mol. The van der Waals surface area contributed by atoms with E-state index in [0.717, 1.165) is 5.56 Å². The maximum atomic E-state index is 13.5. The summed E-state index contributed by atoms with van der Waals surface area (Å²) in [6, 6.07) is 8.14. The first-order valence-electron chi connectivity index (χ1n) is 9.92. The van der Waals surface area contributed by atoms with Crippen LogP contribution in [0.3, 0.4) is 0 Å². The molecule has 1 fully saturated rings. The molecule has 11 heteroatoms. The van der Waals surface area contributed by atoms with Crippen LogP contribution < -0.4 is 23.8 Å². The van der Waals surface area contributed by atoms with Gasteiger partial charge in [0.2, 0.25) is 11.5 Å². The Morgan fingerprint density at radius 1 is 0.879 bits per heavy atom. The number of hydrogen-bond donors (Lipinski definition) is 2. The molecule has 0 amide bonds. The van der Waals surface area contributed by atoms with Gasteiger partial charge in [-0.1, -0.05) is 24.6 Å². The van der Waals surface area contributed by atoms with Crippen molar-refractivity contribution in [1.29, 1.82) is 0 Å². The van der Waals surface area contributed by atoms with Gasteiger partial charge in [-0.05, 0) is 35.2 Å². The van der Waals surface area contributed by atoms with Gasteiger partial charge in [0.25, 0.3) is 0 Å². The molecule has 33 heavy (non-hydrogen) atoms. The Labute approximate surface area is 191 Å². The Balaban J connectivity index is 1.94. The van der Waals surface area contributed by atoms with Crippen molar-refractivity contribution in [2.24, 2.45) is 11.3 Å². The van der Waals surface area contributed by atoms with Gasteiger partial charge in [0, 0.05) is 17.4 Å². The van der Waals surface area contributed by atoms with Gasteiger partial charge in [0.05, 0.1) is 28.4 Å². The standard InChI is InChI=1S/C22H27O10P/c1-22(2)18(12-7-8-14(27-3)15(9-12)31-32-33(24,25)26)19(22)20(23)13-10-16(28-4)21(30-6)17(11-13)29-5/h7-11,18-19H,1-6H3,(H2,24,25,26). The van der Waals surface area contributed by atoms with Crippen LogP contribution in [0.5, 0.6) is 28.7 Å². The second-order valence-electron chi connectivity index (χ2n) is 8.11. The Hall–Kier alpha value is -2.78. The van der Waals surface area contributed by atoms with Gasteiger partial charge in [0.15, 0.2) is 23.0 Å². The number of phosphoric acid groups is 1. The van der Waals surface area contributed by atoms with Gasteiger partial charge >= 0.3 is 7.82 Å². The predicted molar refractivity (Wildman–Crippen MR) is 117 cm³/mol. The molecule has 1 aliphatic carbocycles. The second kappa shape index (κ2) is 9.23. The van der Waals surface area contributed by atoms with E-state index in [1.165, 1.54) is 28.4 Å². The predicted octanol–water partition coefficient (Wildman–Crippen LogP) is 3.75. The lowest BCUT2D eigenvalue weighted by atomic mass is 10.0. The minimum absolute atomic E-state index is 0.0139. The van der Waals surface area contributed by atoms with Crippen molar-refractivity contribution in [3.63, 3.8) is 0 Å². The molecule has 0 radical (unpaired) electrons. The monoisotopic (exact) mass is 482 g/mol. The number of rotatable bonds is 10. The molecule has 0 heterocycles. The van der Waals surface area contributed by atoms with Crippen molar-refractivity contribution < 1.29 is 47.7 Å². The van der Waals surface area contributed by atoms with Crippen molar-refractivity contribution in [1.82, 2.24) is 0 Å². The summed E-state index contributed by atoms with van der Waals surface area (Å²) in [6.07, 6.45) is 0. The number of hydrogen-bond acceptors (Lipinski definition) is 8. The third kappa shape index (κ3) is 4.94. The van der Waals surface area contributed by atoms with E-state index in [2.05, 4.69) is 4.67 Å². The highest BCUT2D eigenvalue weighted by Crippen LogP contribution is 2.66. The van der Waals surface area contributed by atoms with Crippen molar-refractivity contribution >= 4 is 13.6 Å². The van der Waals surface area contributed by atoms with E-state index in [-0.39, 0.29) is 29.1 Å². The van der Waals surface area contributed by atoms with E-state index in [1.807, 2.05) is 13.8 Å². The molecule has 2 aromatic rings. The van der Waals surface area contributed by atoms with Gasteiger partial charge in [-0.2, -0.15) is 0 Å². The quantitative estimate of drug-likeness (QED) is 0.223. The Morgan fingerprint density at radius 3 is 1.94 bits per heavy atom. The van der Waals surface area contributed by atoms with E-state index in [9.17, 15) is 9.36 Å². The average molecular weight is 482 g/mol. The van der Waals surface area contributed by atoms with Gasteiger partial charge in [0.1, 0.15) is 0 Å². The van der Waals surface area contributed by atoms with Crippen LogP contribution in [0.25, 0.3) is 0 Å². The van der Waals surface area contributed by atoms with E-state index in [0.29, 0.717) is 22.8 Å². The molecule has 2 atom stereocenters. The van der Waals surface area contributed by atoms with Crippen LogP contribution in [0.2, 0.25) is 0 Å². The lowest BCUT2D eigenvalue weighted by Crippen LogP contribution is -2.08. The number of methoxy groups -OCH3 is 4. The largest absolute Gasteiger partial charge is 0.505 e. The maximum absolute atomic E-state index is 13.5. The topological polar surface area (TPSA) is 130 Å². The first-order valence-corrected chi connectivity index (χ1v) is 11.5. The summed E-state index contributed by atoms with van der Waals surface area (Å²) in [4.78, 5) is 36.2. The summed E-state index contributed by atoms with van der Waals surface area (Å²) >= 11 is 0. The number of Topliss-reactive ketones (excluding diaryl/α,β-unsaturated/α-hetero) is 1. The summed E-state index contributed by atoms with van der Waals surface area (Å²) in [7, 11) is 0.967. The summed E-state index contributed by atoms with van der Waals surface area (Å²) in [5.41, 5.74) is 0.753. The molecule has 1 saturated carbocycles. The number of ketones is 1. The number of carbonyl (C=O) groups is 1. The molecule has 0 aliphatic heterocycles. The fraction of sp³-hybridized carbons (Fsp3) is 0.409. The molecule has 0 spiro atoms. The van der Waals surface area contributed by atoms with Crippen LogP contribution in [0, 0.1) is 11.3 Å². The average Bonchev–Trinajstić information content (AvgIpc) is 3.36. The third-order valence-corrected chi connectivity index (χ3v) is 6.10. The van der Waals surface area contributed by atoms with Crippen molar-refractivity contribution in [3.05, 3.63) is 41.5 Å². The molecule has 2 N–H and O–H groups in total. The molecule has 0 aromatic heterocycles. The summed E-state index contributed by atoms with van der Waals surface area (Å²) in [6.45, 7) is 3.93. The third-order valence-electron chi connectivity index (χ3n) is 5.83. The number of ether oxygens (including phenoxy) is 4. The lowest BCUT2D eigenvalue weighted by molar-refractivity contribution is -0.124. The zero-order valence-electron chi connectivity index (χ0n) is 19.1. The fourth-order valence-corrected chi connectivity index (χ4v) is 4.37. The van der Waals surface area contributed by atoms with Gasteiger partial charge in [-0.15, -0.1) is 0 Å². The molecule has 10 nitrogen and oxygen atoms in total. The fourth-order valence-electron chi connectivity index (χ4n) is 4.19. The number of carbonyl (C=O) groups excluding carboxylic acids is 1. The Morgan fingerprint density at radius 2 is 1.45 bits per heavy atom. The highest BCUT2D eigenvalue weighted by molar-refractivity contribution is 7.46. The highest BCUT2D eigenvalue weighted by Gasteiger charge is 2.62. The first kappa shape index (κ1) is 24.9. The zero-order chi connectivity index (χ0) is 24.6. The van der Waals surface area contributed by atoms with E-state index in [4.69, 9.17) is 33.6 Å². The van der Waals surface area contributed by atoms with E-state index < -0.39 is 13.2 Å². The highest BCUT2D eigenvalue weighted by atomic mass is 31.2. The maximum Gasteiger partial charge on any atom is 0.505 e. The Kier molecular flexibility index (Phi) is 6.95. The Bertz CT molecular complexity index is 1070. The summed E-state index contributed by atoms with van der Waals surface area (Å²) < 4.78 is 36.4. The SMILES string of the molecule is COc1ccc(C2C(C(=O)c3cc(OC)c(OC)c(OC)c3)C2(C)C)cc1OOP(=O)(O)O. The molecule has 2 aromatic carbocycles. The van der Waals surface area contributed by atoms with Crippen LogP contribution >= 0.6 is 7.82 Å². The lowest BCUT2D eigenvalue weighted by Gasteiger charge is -2.14. The van der Waals surface area contributed by atoms with Crippen molar-refractivity contribution in [2.75, 3.05) is 28.4 Å². The molecule has 1 aliphatic rings. The molecule has 0 saturated heterocycles. The smallest absolute Gasteiger partial charge is 0.493 e. The molecule has 3 rings (SSSR count). The molecule has 180 valence electrons.